The number of hydrogen-bond donors (Lipinski definition) is 1. The Morgan fingerprint density at radius 1 is 1.24 bits per heavy atom. The van der Waals surface area contributed by atoms with E-state index in [1.165, 1.54) is 19.3 Å². The molecule has 2 rings (SSSR count). The van der Waals surface area contributed by atoms with Crippen molar-refractivity contribution in [3.05, 3.63) is 33.8 Å². The molecule has 1 N–H and O–H groups in total. The number of halogens is 2. The third kappa shape index (κ3) is 3.73. The standard InChI is InChI=1S/C17H25Cl2NO/c1-3-12-20-16(13-8-7-9-14(18)15(13)19)17(21-2)10-5-4-6-11-17/h7-9,16,20H,3-6,10-12H2,1-2H3. The molecule has 0 radical (unpaired) electrons. The molecule has 1 atom stereocenters. The normalized spacial score (nSPS) is 19.4. The number of nitrogens with one attached hydrogen (secondary N) is 1. The topological polar surface area (TPSA) is 21.3 Å². The highest BCUT2D eigenvalue weighted by Gasteiger charge is 2.41. The first-order valence-corrected chi connectivity index (χ1v) is 8.62. The van der Waals surface area contributed by atoms with Crippen LogP contribution in [0.15, 0.2) is 18.2 Å². The molecular weight excluding hydrogens is 305 g/mol. The van der Waals surface area contributed by atoms with Crippen LogP contribution in [0.25, 0.3) is 0 Å². The van der Waals surface area contributed by atoms with Gasteiger partial charge in [0.05, 0.1) is 21.7 Å². The smallest absolute Gasteiger partial charge is 0.0873 e. The molecule has 2 nitrogen and oxygen atoms in total. The number of hydrogen-bond acceptors (Lipinski definition) is 2. The number of rotatable bonds is 6. The maximum absolute atomic E-state index is 6.48. The van der Waals surface area contributed by atoms with Gasteiger partial charge in [-0.05, 0) is 37.4 Å². The SMILES string of the molecule is CCCNC(c1cccc(Cl)c1Cl)C1(OC)CCCCC1. The van der Waals surface area contributed by atoms with Gasteiger partial charge in [-0.2, -0.15) is 0 Å². The molecule has 0 heterocycles. The molecule has 1 aliphatic rings. The molecule has 0 aromatic heterocycles. The molecule has 1 aromatic carbocycles. The van der Waals surface area contributed by atoms with E-state index in [-0.39, 0.29) is 11.6 Å². The fraction of sp³-hybridized carbons (Fsp3) is 0.647. The summed E-state index contributed by atoms with van der Waals surface area (Å²) in [5.74, 6) is 0. The van der Waals surface area contributed by atoms with E-state index in [4.69, 9.17) is 27.9 Å². The van der Waals surface area contributed by atoms with E-state index in [2.05, 4.69) is 18.3 Å². The van der Waals surface area contributed by atoms with Crippen LogP contribution < -0.4 is 5.32 Å². The van der Waals surface area contributed by atoms with Crippen molar-refractivity contribution in [2.24, 2.45) is 0 Å². The Bertz CT molecular complexity index is 458. The maximum atomic E-state index is 6.48. The van der Waals surface area contributed by atoms with Gasteiger partial charge in [-0.15, -0.1) is 0 Å². The number of methoxy groups -OCH3 is 1. The third-order valence-corrected chi connectivity index (χ3v) is 5.36. The summed E-state index contributed by atoms with van der Waals surface area (Å²) in [6, 6.07) is 5.96. The summed E-state index contributed by atoms with van der Waals surface area (Å²) in [7, 11) is 1.82. The number of ether oxygens (including phenoxy) is 1. The average Bonchev–Trinajstić information content (AvgIpc) is 2.52. The van der Waals surface area contributed by atoms with Gasteiger partial charge in [0.25, 0.3) is 0 Å². The van der Waals surface area contributed by atoms with E-state index >= 15 is 0 Å². The Labute approximate surface area is 138 Å². The van der Waals surface area contributed by atoms with Crippen LogP contribution in [0.5, 0.6) is 0 Å². The summed E-state index contributed by atoms with van der Waals surface area (Å²) < 4.78 is 6.02. The van der Waals surface area contributed by atoms with E-state index < -0.39 is 0 Å². The lowest BCUT2D eigenvalue weighted by molar-refractivity contribution is -0.0687. The van der Waals surface area contributed by atoms with Gasteiger partial charge < -0.3 is 10.1 Å². The molecule has 1 aromatic rings. The molecule has 0 aliphatic heterocycles. The highest BCUT2D eigenvalue weighted by Crippen LogP contribution is 2.44. The zero-order valence-electron chi connectivity index (χ0n) is 12.9. The summed E-state index contributed by atoms with van der Waals surface area (Å²) in [5, 5.41) is 4.91. The Morgan fingerprint density at radius 3 is 2.57 bits per heavy atom. The van der Waals surface area contributed by atoms with Crippen LogP contribution >= 0.6 is 23.2 Å². The predicted molar refractivity (Wildman–Crippen MR) is 90.3 cm³/mol. The lowest BCUT2D eigenvalue weighted by Crippen LogP contribution is -2.47. The quantitative estimate of drug-likeness (QED) is 0.756. The van der Waals surface area contributed by atoms with Crippen LogP contribution in [-0.4, -0.2) is 19.3 Å². The van der Waals surface area contributed by atoms with E-state index in [9.17, 15) is 0 Å². The second-order valence-corrected chi connectivity index (χ2v) is 6.64. The van der Waals surface area contributed by atoms with Gasteiger partial charge in [0.15, 0.2) is 0 Å². The van der Waals surface area contributed by atoms with Crippen molar-refractivity contribution < 1.29 is 4.74 Å². The second-order valence-electron chi connectivity index (χ2n) is 5.86. The molecule has 1 saturated carbocycles. The van der Waals surface area contributed by atoms with Gasteiger partial charge in [0.1, 0.15) is 0 Å². The predicted octanol–water partition coefficient (Wildman–Crippen LogP) is 5.38. The average molecular weight is 330 g/mol. The van der Waals surface area contributed by atoms with Crippen molar-refractivity contribution in [3.63, 3.8) is 0 Å². The number of benzene rings is 1. The first kappa shape index (κ1) is 17.1. The van der Waals surface area contributed by atoms with Crippen LogP contribution in [0.4, 0.5) is 0 Å². The first-order valence-electron chi connectivity index (χ1n) is 7.87. The zero-order valence-corrected chi connectivity index (χ0v) is 14.4. The van der Waals surface area contributed by atoms with Crippen LogP contribution in [0.2, 0.25) is 10.0 Å². The molecule has 1 aliphatic carbocycles. The Morgan fingerprint density at radius 2 is 1.95 bits per heavy atom. The Kier molecular flexibility index (Phi) is 6.36. The van der Waals surface area contributed by atoms with Crippen LogP contribution in [-0.2, 0) is 4.74 Å². The lowest BCUT2D eigenvalue weighted by Gasteiger charge is -2.43. The summed E-state index contributed by atoms with van der Waals surface area (Å²) in [6.07, 6.45) is 6.90. The second kappa shape index (κ2) is 7.82. The summed E-state index contributed by atoms with van der Waals surface area (Å²) in [4.78, 5) is 0. The van der Waals surface area contributed by atoms with Crippen LogP contribution in [0, 0.1) is 0 Å². The monoisotopic (exact) mass is 329 g/mol. The molecule has 0 bridgehead atoms. The van der Waals surface area contributed by atoms with Crippen molar-refractivity contribution in [2.75, 3.05) is 13.7 Å². The summed E-state index contributed by atoms with van der Waals surface area (Å²) >= 11 is 12.7. The first-order chi connectivity index (χ1) is 10.1. The van der Waals surface area contributed by atoms with Gasteiger partial charge in [0, 0.05) is 7.11 Å². The van der Waals surface area contributed by atoms with Crippen molar-refractivity contribution in [1.82, 2.24) is 5.32 Å². The van der Waals surface area contributed by atoms with Crippen molar-refractivity contribution in [2.45, 2.75) is 57.1 Å². The van der Waals surface area contributed by atoms with Crippen molar-refractivity contribution in [1.29, 1.82) is 0 Å². The molecule has 1 fully saturated rings. The minimum Gasteiger partial charge on any atom is -0.376 e. The minimum absolute atomic E-state index is 0.0916. The highest BCUT2D eigenvalue weighted by molar-refractivity contribution is 6.42. The van der Waals surface area contributed by atoms with Gasteiger partial charge in [-0.1, -0.05) is 61.5 Å². The van der Waals surface area contributed by atoms with Gasteiger partial charge in [0.2, 0.25) is 0 Å². The summed E-state index contributed by atoms with van der Waals surface area (Å²) in [5.41, 5.74) is 0.878. The molecular formula is C17H25Cl2NO. The highest BCUT2D eigenvalue weighted by atomic mass is 35.5. The molecule has 0 amide bonds. The fourth-order valence-electron chi connectivity index (χ4n) is 3.37. The Balaban J connectivity index is 2.38. The molecule has 118 valence electrons. The van der Waals surface area contributed by atoms with E-state index in [1.807, 2.05) is 19.2 Å². The lowest BCUT2D eigenvalue weighted by atomic mass is 9.76. The van der Waals surface area contributed by atoms with Gasteiger partial charge in [-0.25, -0.2) is 0 Å². The fourth-order valence-corrected chi connectivity index (χ4v) is 3.79. The van der Waals surface area contributed by atoms with Crippen LogP contribution in [0.3, 0.4) is 0 Å². The molecule has 1 unspecified atom stereocenters. The van der Waals surface area contributed by atoms with E-state index in [1.54, 1.807) is 0 Å². The molecule has 0 saturated heterocycles. The largest absolute Gasteiger partial charge is 0.376 e. The van der Waals surface area contributed by atoms with Gasteiger partial charge in [-0.3, -0.25) is 0 Å². The van der Waals surface area contributed by atoms with E-state index in [0.29, 0.717) is 10.0 Å². The summed E-state index contributed by atoms with van der Waals surface area (Å²) in [6.45, 7) is 3.11. The molecule has 0 spiro atoms. The molecule has 4 heteroatoms. The Hall–Kier alpha value is -0.280. The third-order valence-electron chi connectivity index (χ3n) is 4.52. The van der Waals surface area contributed by atoms with Crippen molar-refractivity contribution in [3.8, 4) is 0 Å². The zero-order chi connectivity index (χ0) is 15.3. The van der Waals surface area contributed by atoms with Crippen molar-refractivity contribution >= 4 is 23.2 Å². The van der Waals surface area contributed by atoms with E-state index in [0.717, 1.165) is 31.4 Å². The minimum atomic E-state index is -0.179. The van der Waals surface area contributed by atoms with Crippen LogP contribution in [0.1, 0.15) is 57.1 Å². The molecule has 21 heavy (non-hydrogen) atoms. The maximum Gasteiger partial charge on any atom is 0.0873 e. The van der Waals surface area contributed by atoms with Gasteiger partial charge >= 0.3 is 0 Å².